The van der Waals surface area contributed by atoms with Crippen molar-refractivity contribution in [2.75, 3.05) is 0 Å². The molecular weight excluding hydrogens is 226 g/mol. The number of rotatable bonds is 3. The summed E-state index contributed by atoms with van der Waals surface area (Å²) in [5.74, 6) is 0.340. The van der Waals surface area contributed by atoms with E-state index in [9.17, 15) is 9.90 Å². The summed E-state index contributed by atoms with van der Waals surface area (Å²) < 4.78 is 1.95. The zero-order valence-electron chi connectivity index (χ0n) is 11.4. The second-order valence-electron chi connectivity index (χ2n) is 5.56. The normalized spacial score (nSPS) is 17.3. The molecule has 0 radical (unpaired) electrons. The van der Waals surface area contributed by atoms with Crippen LogP contribution in [0.5, 0.6) is 0 Å². The quantitative estimate of drug-likeness (QED) is 0.895. The van der Waals surface area contributed by atoms with Crippen LogP contribution in [-0.4, -0.2) is 9.67 Å². The second-order valence-corrected chi connectivity index (χ2v) is 5.56. The SMILES string of the molecule is CC(C)c1ccc(CO)c(=O)n1C1CCCCC1. The first-order valence-corrected chi connectivity index (χ1v) is 7.00. The average Bonchev–Trinajstić information content (AvgIpc) is 2.39. The Morgan fingerprint density at radius 1 is 1.28 bits per heavy atom. The molecule has 1 saturated carbocycles. The van der Waals surface area contributed by atoms with E-state index in [1.165, 1.54) is 19.3 Å². The van der Waals surface area contributed by atoms with Crippen molar-refractivity contribution in [2.24, 2.45) is 0 Å². The first-order chi connectivity index (χ1) is 8.65. The van der Waals surface area contributed by atoms with Crippen LogP contribution in [0.1, 0.15) is 69.2 Å². The van der Waals surface area contributed by atoms with Gasteiger partial charge in [-0.3, -0.25) is 4.79 Å². The van der Waals surface area contributed by atoms with Gasteiger partial charge in [-0.25, -0.2) is 0 Å². The Labute approximate surface area is 108 Å². The van der Waals surface area contributed by atoms with Crippen LogP contribution in [0.4, 0.5) is 0 Å². The summed E-state index contributed by atoms with van der Waals surface area (Å²) in [5, 5.41) is 9.26. The molecule has 18 heavy (non-hydrogen) atoms. The van der Waals surface area contributed by atoms with Crippen molar-refractivity contribution in [3.63, 3.8) is 0 Å². The third-order valence-electron chi connectivity index (χ3n) is 3.93. The zero-order chi connectivity index (χ0) is 13.1. The Kier molecular flexibility index (Phi) is 4.23. The van der Waals surface area contributed by atoms with Gasteiger partial charge >= 0.3 is 0 Å². The highest BCUT2D eigenvalue weighted by Gasteiger charge is 2.21. The number of aromatic nitrogens is 1. The minimum absolute atomic E-state index is 0.00981. The summed E-state index contributed by atoms with van der Waals surface area (Å²) in [5.41, 5.74) is 1.63. The molecule has 3 nitrogen and oxygen atoms in total. The van der Waals surface area contributed by atoms with E-state index in [2.05, 4.69) is 13.8 Å². The molecule has 0 aliphatic heterocycles. The first kappa shape index (κ1) is 13.3. The molecule has 1 aromatic rings. The monoisotopic (exact) mass is 249 g/mol. The third-order valence-corrected chi connectivity index (χ3v) is 3.93. The first-order valence-electron chi connectivity index (χ1n) is 7.00. The van der Waals surface area contributed by atoms with Crippen molar-refractivity contribution in [3.05, 3.63) is 33.7 Å². The van der Waals surface area contributed by atoms with Gasteiger partial charge in [-0.15, -0.1) is 0 Å². The van der Waals surface area contributed by atoms with Gasteiger partial charge < -0.3 is 9.67 Å². The smallest absolute Gasteiger partial charge is 0.256 e. The lowest BCUT2D eigenvalue weighted by Gasteiger charge is -2.28. The molecule has 1 aliphatic rings. The predicted octanol–water partition coefficient (Wildman–Crippen LogP) is 2.97. The fourth-order valence-electron chi connectivity index (χ4n) is 2.92. The molecule has 0 aromatic carbocycles. The molecule has 0 atom stereocenters. The predicted molar refractivity (Wildman–Crippen MR) is 72.8 cm³/mol. The topological polar surface area (TPSA) is 42.2 Å². The lowest BCUT2D eigenvalue weighted by Crippen LogP contribution is -2.31. The fraction of sp³-hybridized carbons (Fsp3) is 0.667. The molecule has 1 aromatic heterocycles. The summed E-state index contributed by atoms with van der Waals surface area (Å²) >= 11 is 0. The van der Waals surface area contributed by atoms with Gasteiger partial charge in [-0.05, 0) is 30.9 Å². The number of nitrogens with zero attached hydrogens (tertiary/aromatic N) is 1. The van der Waals surface area contributed by atoms with Crippen molar-refractivity contribution in [1.29, 1.82) is 0 Å². The van der Waals surface area contributed by atoms with E-state index in [1.54, 1.807) is 6.07 Å². The van der Waals surface area contributed by atoms with Crippen LogP contribution >= 0.6 is 0 Å². The second kappa shape index (κ2) is 5.70. The van der Waals surface area contributed by atoms with Gasteiger partial charge in [-0.1, -0.05) is 33.1 Å². The molecule has 0 saturated heterocycles. The highest BCUT2D eigenvalue weighted by atomic mass is 16.3. The lowest BCUT2D eigenvalue weighted by molar-refractivity contribution is 0.275. The van der Waals surface area contributed by atoms with E-state index < -0.39 is 0 Å². The maximum absolute atomic E-state index is 12.4. The minimum atomic E-state index is -0.163. The minimum Gasteiger partial charge on any atom is -0.391 e. The molecule has 0 amide bonds. The van der Waals surface area contributed by atoms with Crippen molar-refractivity contribution in [2.45, 2.75) is 64.5 Å². The molecular formula is C15H23NO2. The summed E-state index contributed by atoms with van der Waals surface area (Å²) in [4.78, 5) is 12.4. The van der Waals surface area contributed by atoms with E-state index in [0.29, 0.717) is 17.5 Å². The van der Waals surface area contributed by atoms with Crippen LogP contribution in [0.25, 0.3) is 0 Å². The van der Waals surface area contributed by atoms with Crippen LogP contribution in [0.2, 0.25) is 0 Å². The van der Waals surface area contributed by atoms with Crippen LogP contribution in [0.3, 0.4) is 0 Å². The standard InChI is InChI=1S/C15H23NO2/c1-11(2)14-9-8-12(10-17)15(18)16(14)13-6-4-3-5-7-13/h8-9,11,13,17H,3-7,10H2,1-2H3. The third kappa shape index (κ3) is 2.51. The highest BCUT2D eigenvalue weighted by Crippen LogP contribution is 2.29. The van der Waals surface area contributed by atoms with Crippen molar-refractivity contribution >= 4 is 0 Å². The van der Waals surface area contributed by atoms with Gasteiger partial charge in [0.15, 0.2) is 0 Å². The van der Waals surface area contributed by atoms with Gasteiger partial charge in [0.05, 0.1) is 6.61 Å². The van der Waals surface area contributed by atoms with Gasteiger partial charge in [0, 0.05) is 17.3 Å². The molecule has 0 unspecified atom stereocenters. The Hall–Kier alpha value is -1.09. The highest BCUT2D eigenvalue weighted by molar-refractivity contribution is 5.19. The van der Waals surface area contributed by atoms with Crippen molar-refractivity contribution in [3.8, 4) is 0 Å². The molecule has 100 valence electrons. The van der Waals surface area contributed by atoms with Crippen LogP contribution < -0.4 is 5.56 Å². The maximum atomic E-state index is 12.4. The number of hydrogen-bond acceptors (Lipinski definition) is 2. The van der Waals surface area contributed by atoms with Crippen LogP contribution in [0.15, 0.2) is 16.9 Å². The number of hydrogen-bond donors (Lipinski definition) is 1. The maximum Gasteiger partial charge on any atom is 0.256 e. The number of aliphatic hydroxyl groups is 1. The molecule has 2 rings (SSSR count). The molecule has 3 heteroatoms. The van der Waals surface area contributed by atoms with Crippen LogP contribution in [-0.2, 0) is 6.61 Å². The summed E-state index contributed by atoms with van der Waals surface area (Å²) in [7, 11) is 0. The molecule has 0 spiro atoms. The Balaban J connectivity index is 2.49. The van der Waals surface area contributed by atoms with E-state index in [0.717, 1.165) is 18.5 Å². The molecule has 1 fully saturated rings. The van der Waals surface area contributed by atoms with E-state index >= 15 is 0 Å². The number of pyridine rings is 1. The molecule has 1 heterocycles. The van der Waals surface area contributed by atoms with Gasteiger partial charge in [-0.2, -0.15) is 0 Å². The Morgan fingerprint density at radius 3 is 2.50 bits per heavy atom. The largest absolute Gasteiger partial charge is 0.391 e. The Morgan fingerprint density at radius 2 is 1.94 bits per heavy atom. The van der Waals surface area contributed by atoms with Gasteiger partial charge in [0.2, 0.25) is 0 Å². The van der Waals surface area contributed by atoms with E-state index in [4.69, 9.17) is 0 Å². The zero-order valence-corrected chi connectivity index (χ0v) is 11.4. The summed E-state index contributed by atoms with van der Waals surface area (Å²) in [6, 6.07) is 4.11. The average molecular weight is 249 g/mol. The molecule has 1 N–H and O–H groups in total. The van der Waals surface area contributed by atoms with E-state index in [1.807, 2.05) is 10.6 Å². The summed E-state index contributed by atoms with van der Waals surface area (Å²) in [6.45, 7) is 4.07. The lowest BCUT2D eigenvalue weighted by atomic mass is 9.93. The van der Waals surface area contributed by atoms with Crippen molar-refractivity contribution in [1.82, 2.24) is 4.57 Å². The van der Waals surface area contributed by atoms with Gasteiger partial charge in [0.1, 0.15) is 0 Å². The van der Waals surface area contributed by atoms with Gasteiger partial charge in [0.25, 0.3) is 5.56 Å². The Bertz CT molecular complexity index is 456. The fourth-order valence-corrected chi connectivity index (χ4v) is 2.92. The number of aliphatic hydroxyl groups excluding tert-OH is 1. The molecule has 1 aliphatic carbocycles. The van der Waals surface area contributed by atoms with Crippen LogP contribution in [0, 0.1) is 0 Å². The van der Waals surface area contributed by atoms with E-state index in [-0.39, 0.29) is 12.2 Å². The molecule has 0 bridgehead atoms. The van der Waals surface area contributed by atoms with Crippen molar-refractivity contribution < 1.29 is 5.11 Å². The summed E-state index contributed by atoms with van der Waals surface area (Å²) in [6.07, 6.45) is 5.88.